The highest BCUT2D eigenvalue weighted by Crippen LogP contribution is 2.13. The van der Waals surface area contributed by atoms with Gasteiger partial charge >= 0.3 is 0 Å². The minimum Gasteiger partial charge on any atom is -0.367 e. The number of aryl methyl sites for hydroxylation is 1. The van der Waals surface area contributed by atoms with E-state index in [9.17, 15) is 9.18 Å². The van der Waals surface area contributed by atoms with E-state index in [-0.39, 0.29) is 24.2 Å². The highest BCUT2D eigenvalue weighted by molar-refractivity contribution is 5.76. The fourth-order valence-corrected chi connectivity index (χ4v) is 2.15. The average Bonchev–Trinajstić information content (AvgIpc) is 3.09. The van der Waals surface area contributed by atoms with E-state index < -0.39 is 0 Å². The lowest BCUT2D eigenvalue weighted by molar-refractivity contribution is -0.121. The normalized spacial score (nSPS) is 11.0. The van der Waals surface area contributed by atoms with Crippen LogP contribution in [-0.2, 0) is 17.8 Å². The number of anilines is 1. The number of halogens is 1. The van der Waals surface area contributed by atoms with Gasteiger partial charge in [-0.1, -0.05) is 5.10 Å². The minimum atomic E-state index is -0.304. The number of aromatic amines is 1. The van der Waals surface area contributed by atoms with Crippen LogP contribution in [-0.4, -0.2) is 42.6 Å². The van der Waals surface area contributed by atoms with Crippen molar-refractivity contribution in [3.05, 3.63) is 29.8 Å². The van der Waals surface area contributed by atoms with Crippen molar-refractivity contribution in [1.82, 2.24) is 35.5 Å². The van der Waals surface area contributed by atoms with Crippen LogP contribution in [0.2, 0.25) is 0 Å². The molecule has 3 rings (SSSR count). The van der Waals surface area contributed by atoms with Crippen molar-refractivity contribution >= 4 is 22.9 Å². The largest absolute Gasteiger partial charge is 0.367 e. The lowest BCUT2D eigenvalue weighted by atomic mass is 10.3. The molecule has 1 aromatic carbocycles. The maximum absolute atomic E-state index is 13.1. The molecule has 0 saturated carbocycles. The topological polar surface area (TPSA) is 127 Å². The Bertz CT molecular complexity index is 826. The van der Waals surface area contributed by atoms with E-state index in [0.717, 1.165) is 11.3 Å². The molecular formula is C13H15FN8O. The predicted molar refractivity (Wildman–Crippen MR) is 79.6 cm³/mol. The van der Waals surface area contributed by atoms with Gasteiger partial charge in [0.05, 0.1) is 11.0 Å². The second-order valence-corrected chi connectivity index (χ2v) is 4.99. The monoisotopic (exact) mass is 318 g/mol. The summed E-state index contributed by atoms with van der Waals surface area (Å²) in [7, 11) is 0. The first-order chi connectivity index (χ1) is 11.1. The van der Waals surface area contributed by atoms with Gasteiger partial charge in [0.1, 0.15) is 18.2 Å². The molecule has 0 fully saturated rings. The molecule has 1 amide bonds. The van der Waals surface area contributed by atoms with Crippen LogP contribution in [0.15, 0.2) is 18.2 Å². The standard InChI is InChI=1S/C13H15FN8O/c14-8-3-4-9-10(6-8)18-11(17-9)2-1-5-16-12(23)7-22-13(15)19-20-21-22/h3-4,6H,1-2,5,7H2,(H,16,23)(H,17,18)(H2,15,19,21). The molecule has 3 aromatic rings. The Morgan fingerprint density at radius 2 is 2.30 bits per heavy atom. The number of H-pyrrole nitrogens is 1. The van der Waals surface area contributed by atoms with Gasteiger partial charge in [0, 0.05) is 13.0 Å². The number of carbonyl (C=O) groups is 1. The van der Waals surface area contributed by atoms with Crippen LogP contribution in [0.5, 0.6) is 0 Å². The first-order valence-corrected chi connectivity index (χ1v) is 7.04. The van der Waals surface area contributed by atoms with Gasteiger partial charge in [-0.3, -0.25) is 4.79 Å². The second kappa shape index (κ2) is 6.38. The number of aromatic nitrogens is 6. The Kier molecular flexibility index (Phi) is 4.13. The van der Waals surface area contributed by atoms with Crippen molar-refractivity contribution in [3.8, 4) is 0 Å². The van der Waals surface area contributed by atoms with Crippen LogP contribution in [0.4, 0.5) is 10.3 Å². The molecule has 0 radical (unpaired) electrons. The third kappa shape index (κ3) is 3.59. The maximum atomic E-state index is 13.1. The van der Waals surface area contributed by atoms with Gasteiger partial charge in [-0.05, 0) is 35.0 Å². The van der Waals surface area contributed by atoms with Crippen molar-refractivity contribution in [2.24, 2.45) is 0 Å². The Labute approximate surface area is 130 Å². The highest BCUT2D eigenvalue weighted by Gasteiger charge is 2.08. The summed E-state index contributed by atoms with van der Waals surface area (Å²) >= 11 is 0. The van der Waals surface area contributed by atoms with Crippen molar-refractivity contribution in [1.29, 1.82) is 0 Å². The summed E-state index contributed by atoms with van der Waals surface area (Å²) in [5.41, 5.74) is 6.86. The number of hydrogen-bond acceptors (Lipinski definition) is 6. The average molecular weight is 318 g/mol. The molecule has 0 unspecified atom stereocenters. The summed E-state index contributed by atoms with van der Waals surface area (Å²) in [4.78, 5) is 19.1. The van der Waals surface area contributed by atoms with Gasteiger partial charge in [-0.15, -0.1) is 0 Å². The molecule has 0 saturated heterocycles. The smallest absolute Gasteiger partial charge is 0.241 e. The van der Waals surface area contributed by atoms with Gasteiger partial charge in [0.25, 0.3) is 0 Å². The molecule has 4 N–H and O–H groups in total. The van der Waals surface area contributed by atoms with Gasteiger partial charge < -0.3 is 16.0 Å². The van der Waals surface area contributed by atoms with Crippen molar-refractivity contribution in [2.45, 2.75) is 19.4 Å². The summed E-state index contributed by atoms with van der Waals surface area (Å²) in [6, 6.07) is 4.41. The molecule has 23 heavy (non-hydrogen) atoms. The van der Waals surface area contributed by atoms with Crippen LogP contribution < -0.4 is 11.1 Å². The molecular weight excluding hydrogens is 303 g/mol. The Morgan fingerprint density at radius 3 is 3.09 bits per heavy atom. The van der Waals surface area contributed by atoms with Crippen LogP contribution in [0.3, 0.4) is 0 Å². The third-order valence-electron chi connectivity index (χ3n) is 3.26. The highest BCUT2D eigenvalue weighted by atomic mass is 19.1. The Morgan fingerprint density at radius 1 is 1.43 bits per heavy atom. The number of imidazole rings is 1. The first-order valence-electron chi connectivity index (χ1n) is 7.04. The lowest BCUT2D eigenvalue weighted by Crippen LogP contribution is -2.29. The summed E-state index contributed by atoms with van der Waals surface area (Å²) in [5, 5.41) is 13.2. The number of hydrogen-bond donors (Lipinski definition) is 3. The zero-order valence-corrected chi connectivity index (χ0v) is 12.2. The predicted octanol–water partition coefficient (Wildman–Crippen LogP) is 0.0197. The minimum absolute atomic E-state index is 0.0251. The molecule has 10 heteroatoms. The van der Waals surface area contributed by atoms with Crippen LogP contribution in [0.1, 0.15) is 12.2 Å². The number of nitrogens with two attached hydrogens (primary N) is 1. The van der Waals surface area contributed by atoms with Gasteiger partial charge in [0.15, 0.2) is 0 Å². The van der Waals surface area contributed by atoms with E-state index in [1.165, 1.54) is 16.8 Å². The van der Waals surface area contributed by atoms with Gasteiger partial charge in [-0.25, -0.2) is 14.1 Å². The zero-order valence-electron chi connectivity index (χ0n) is 12.2. The van der Waals surface area contributed by atoms with Crippen molar-refractivity contribution in [3.63, 3.8) is 0 Å². The van der Waals surface area contributed by atoms with E-state index in [2.05, 4.69) is 30.8 Å². The summed E-state index contributed by atoms with van der Waals surface area (Å²) in [6.07, 6.45) is 1.34. The number of rotatable bonds is 6. The Balaban J connectivity index is 1.45. The van der Waals surface area contributed by atoms with Crippen LogP contribution in [0, 0.1) is 5.82 Å². The maximum Gasteiger partial charge on any atom is 0.241 e. The molecule has 0 atom stereocenters. The number of nitrogens with zero attached hydrogens (tertiary/aromatic N) is 5. The fourth-order valence-electron chi connectivity index (χ4n) is 2.15. The molecule has 0 aliphatic carbocycles. The second-order valence-electron chi connectivity index (χ2n) is 4.99. The number of tetrazole rings is 1. The zero-order chi connectivity index (χ0) is 16.2. The molecule has 9 nitrogen and oxygen atoms in total. The third-order valence-corrected chi connectivity index (χ3v) is 3.26. The molecule has 0 bridgehead atoms. The van der Waals surface area contributed by atoms with Crippen molar-refractivity contribution in [2.75, 3.05) is 12.3 Å². The van der Waals surface area contributed by atoms with Crippen LogP contribution in [0.25, 0.3) is 11.0 Å². The summed E-state index contributed by atoms with van der Waals surface area (Å²) in [6.45, 7) is 0.453. The number of nitrogens with one attached hydrogen (secondary N) is 2. The van der Waals surface area contributed by atoms with Crippen LogP contribution >= 0.6 is 0 Å². The summed E-state index contributed by atoms with van der Waals surface area (Å²) < 4.78 is 14.3. The lowest BCUT2D eigenvalue weighted by Gasteiger charge is -2.04. The molecule has 0 aliphatic heterocycles. The van der Waals surface area contributed by atoms with Gasteiger partial charge in [0.2, 0.25) is 11.9 Å². The molecule has 0 spiro atoms. The molecule has 2 aromatic heterocycles. The van der Waals surface area contributed by atoms with E-state index in [1.807, 2.05) is 0 Å². The van der Waals surface area contributed by atoms with E-state index in [4.69, 9.17) is 5.73 Å². The quantitative estimate of drug-likeness (QED) is 0.550. The first kappa shape index (κ1) is 14.9. The molecule has 0 aliphatic rings. The SMILES string of the molecule is Nc1nnnn1CC(=O)NCCCc1nc2ccc(F)cc2[nH]1. The van der Waals surface area contributed by atoms with Crippen molar-refractivity contribution < 1.29 is 9.18 Å². The number of carbonyl (C=O) groups excluding carboxylic acids is 1. The number of nitrogen functional groups attached to an aromatic ring is 1. The molecule has 120 valence electrons. The Hall–Kier alpha value is -3.04. The fraction of sp³-hybridized carbons (Fsp3) is 0.308. The van der Waals surface area contributed by atoms with E-state index in [1.54, 1.807) is 6.07 Å². The van der Waals surface area contributed by atoms with E-state index >= 15 is 0 Å². The number of amides is 1. The number of fused-ring (bicyclic) bond motifs is 1. The van der Waals surface area contributed by atoms with Gasteiger partial charge in [-0.2, -0.15) is 0 Å². The number of benzene rings is 1. The molecule has 2 heterocycles. The summed E-state index contributed by atoms with van der Waals surface area (Å²) in [5.74, 6) is 0.316. The van der Waals surface area contributed by atoms with E-state index in [0.29, 0.717) is 24.9 Å².